The minimum absolute atomic E-state index is 0.0534. The van der Waals surface area contributed by atoms with E-state index < -0.39 is 0 Å². The van der Waals surface area contributed by atoms with Gasteiger partial charge in [-0.15, -0.1) is 0 Å². The number of amides is 2. The molecule has 0 bridgehead atoms. The summed E-state index contributed by atoms with van der Waals surface area (Å²) in [5, 5.41) is 9.57. The number of ether oxygens (including phenoxy) is 1. The lowest BCUT2D eigenvalue weighted by Gasteiger charge is -2.41. The highest BCUT2D eigenvalue weighted by Crippen LogP contribution is 2.18. The number of nitrogens with one attached hydrogen (secondary N) is 2. The van der Waals surface area contributed by atoms with Crippen molar-refractivity contribution in [2.24, 2.45) is 0 Å². The van der Waals surface area contributed by atoms with E-state index in [1.807, 2.05) is 11.1 Å². The number of hydrogen-bond acceptors (Lipinski definition) is 4. The van der Waals surface area contributed by atoms with Crippen LogP contribution in [0.2, 0.25) is 0 Å². The summed E-state index contributed by atoms with van der Waals surface area (Å²) >= 11 is 0. The van der Waals surface area contributed by atoms with Crippen LogP contribution in [0.1, 0.15) is 24.8 Å². The Morgan fingerprint density at radius 2 is 2.43 bits per heavy atom. The maximum atomic E-state index is 12.2. The van der Waals surface area contributed by atoms with Gasteiger partial charge in [-0.05, 0) is 24.8 Å². The highest BCUT2D eigenvalue weighted by atomic mass is 16.5. The molecule has 0 unspecified atom stereocenters. The van der Waals surface area contributed by atoms with Gasteiger partial charge in [0.25, 0.3) is 0 Å². The van der Waals surface area contributed by atoms with Crippen molar-refractivity contribution in [2.45, 2.75) is 37.8 Å². The number of carbonyl (C=O) groups is 2. The Labute approximate surface area is 123 Å². The first kappa shape index (κ1) is 14.1. The fourth-order valence-electron chi connectivity index (χ4n) is 2.94. The molecular formula is C14H20N4O3. The Morgan fingerprint density at radius 1 is 1.52 bits per heavy atom. The molecule has 0 saturated carbocycles. The van der Waals surface area contributed by atoms with Crippen LogP contribution >= 0.6 is 0 Å². The summed E-state index contributed by atoms with van der Waals surface area (Å²) < 4.78 is 5.49. The SMILES string of the molecule is O=C1CO[C@@H]2CCN(C(=O)CCCc3cn[nH]c3)C[C@@H]2N1. The van der Waals surface area contributed by atoms with E-state index in [4.69, 9.17) is 4.74 Å². The average Bonchev–Trinajstić information content (AvgIpc) is 2.99. The van der Waals surface area contributed by atoms with Gasteiger partial charge in [-0.1, -0.05) is 0 Å². The van der Waals surface area contributed by atoms with E-state index in [-0.39, 0.29) is 30.6 Å². The van der Waals surface area contributed by atoms with Crippen LogP contribution in [-0.2, 0) is 20.7 Å². The summed E-state index contributed by atoms with van der Waals surface area (Å²) in [6, 6.07) is -0.0576. The number of likely N-dealkylation sites (tertiary alicyclic amines) is 1. The van der Waals surface area contributed by atoms with Crippen molar-refractivity contribution in [1.82, 2.24) is 20.4 Å². The number of aryl methyl sites for hydroxylation is 1. The molecule has 1 aromatic rings. The molecule has 114 valence electrons. The second kappa shape index (κ2) is 6.26. The lowest BCUT2D eigenvalue weighted by atomic mass is 10.00. The van der Waals surface area contributed by atoms with Gasteiger partial charge < -0.3 is 15.0 Å². The summed E-state index contributed by atoms with van der Waals surface area (Å²) in [6.07, 6.45) is 6.66. The standard InChI is InChI=1S/C14H20N4O3/c19-13-9-21-12-4-5-18(8-11(12)17-13)14(20)3-1-2-10-6-15-16-7-10/h6-7,11-12H,1-5,8-9H2,(H,15,16)(H,17,19)/t11-,12+/m0/s1. The van der Waals surface area contributed by atoms with E-state index >= 15 is 0 Å². The smallest absolute Gasteiger partial charge is 0.246 e. The minimum Gasteiger partial charge on any atom is -0.366 e. The summed E-state index contributed by atoms with van der Waals surface area (Å²) in [7, 11) is 0. The van der Waals surface area contributed by atoms with Crippen molar-refractivity contribution >= 4 is 11.8 Å². The Bertz CT molecular complexity index is 502. The minimum atomic E-state index is -0.0921. The molecule has 3 heterocycles. The predicted octanol–water partition coefficient (Wildman–Crippen LogP) is -0.152. The van der Waals surface area contributed by atoms with Gasteiger partial charge in [0.15, 0.2) is 0 Å². The third kappa shape index (κ3) is 3.41. The van der Waals surface area contributed by atoms with Gasteiger partial charge in [0, 0.05) is 25.7 Å². The number of carbonyl (C=O) groups excluding carboxylic acids is 2. The zero-order chi connectivity index (χ0) is 14.7. The van der Waals surface area contributed by atoms with Gasteiger partial charge in [0.1, 0.15) is 6.61 Å². The second-order valence-corrected chi connectivity index (χ2v) is 5.61. The molecular weight excluding hydrogens is 272 g/mol. The van der Waals surface area contributed by atoms with Crippen LogP contribution in [0.4, 0.5) is 0 Å². The fourth-order valence-corrected chi connectivity index (χ4v) is 2.94. The van der Waals surface area contributed by atoms with Crippen LogP contribution in [0.25, 0.3) is 0 Å². The molecule has 0 aliphatic carbocycles. The zero-order valence-corrected chi connectivity index (χ0v) is 11.9. The third-order valence-corrected chi connectivity index (χ3v) is 4.09. The van der Waals surface area contributed by atoms with Gasteiger partial charge in [0.05, 0.1) is 18.3 Å². The van der Waals surface area contributed by atoms with Crippen molar-refractivity contribution in [2.75, 3.05) is 19.7 Å². The largest absolute Gasteiger partial charge is 0.366 e. The van der Waals surface area contributed by atoms with E-state index in [9.17, 15) is 9.59 Å². The number of aromatic amines is 1. The molecule has 2 amide bonds. The third-order valence-electron chi connectivity index (χ3n) is 4.09. The molecule has 2 N–H and O–H groups in total. The van der Waals surface area contributed by atoms with Crippen LogP contribution < -0.4 is 5.32 Å². The first-order valence-corrected chi connectivity index (χ1v) is 7.39. The lowest BCUT2D eigenvalue weighted by Crippen LogP contribution is -2.61. The van der Waals surface area contributed by atoms with Crippen molar-refractivity contribution < 1.29 is 14.3 Å². The number of nitrogens with zero attached hydrogens (tertiary/aromatic N) is 2. The maximum Gasteiger partial charge on any atom is 0.246 e. The Balaban J connectivity index is 1.45. The van der Waals surface area contributed by atoms with Crippen molar-refractivity contribution in [3.05, 3.63) is 18.0 Å². The van der Waals surface area contributed by atoms with Crippen LogP contribution in [-0.4, -0.2) is 58.8 Å². The molecule has 2 fully saturated rings. The average molecular weight is 292 g/mol. The number of fused-ring (bicyclic) bond motifs is 1. The van der Waals surface area contributed by atoms with Gasteiger partial charge >= 0.3 is 0 Å². The van der Waals surface area contributed by atoms with Gasteiger partial charge in [-0.2, -0.15) is 5.10 Å². The molecule has 0 spiro atoms. The highest BCUT2D eigenvalue weighted by Gasteiger charge is 2.35. The first-order valence-electron chi connectivity index (χ1n) is 7.39. The molecule has 1 aromatic heterocycles. The Kier molecular flexibility index (Phi) is 4.19. The normalized spacial score (nSPS) is 25.3. The summed E-state index contributed by atoms with van der Waals surface area (Å²) in [5.41, 5.74) is 1.12. The van der Waals surface area contributed by atoms with Gasteiger partial charge in [-0.25, -0.2) is 0 Å². The van der Waals surface area contributed by atoms with E-state index in [0.29, 0.717) is 19.5 Å². The summed E-state index contributed by atoms with van der Waals surface area (Å²) in [4.78, 5) is 25.4. The van der Waals surface area contributed by atoms with Crippen molar-refractivity contribution in [3.8, 4) is 0 Å². The number of morpholine rings is 1. The van der Waals surface area contributed by atoms with E-state index in [1.54, 1.807) is 6.20 Å². The molecule has 7 heteroatoms. The topological polar surface area (TPSA) is 87.3 Å². The second-order valence-electron chi connectivity index (χ2n) is 5.61. The van der Waals surface area contributed by atoms with Crippen LogP contribution in [0.15, 0.2) is 12.4 Å². The molecule has 2 saturated heterocycles. The molecule has 2 atom stereocenters. The molecule has 7 nitrogen and oxygen atoms in total. The molecule has 0 aromatic carbocycles. The number of rotatable bonds is 4. The van der Waals surface area contributed by atoms with Crippen LogP contribution in [0.5, 0.6) is 0 Å². The molecule has 2 aliphatic heterocycles. The number of hydrogen-bond donors (Lipinski definition) is 2. The van der Waals surface area contributed by atoms with Gasteiger partial charge in [0.2, 0.25) is 11.8 Å². The number of piperidine rings is 1. The van der Waals surface area contributed by atoms with Gasteiger partial charge in [-0.3, -0.25) is 14.7 Å². The molecule has 2 aliphatic rings. The molecule has 0 radical (unpaired) electrons. The molecule has 21 heavy (non-hydrogen) atoms. The van der Waals surface area contributed by atoms with E-state index in [0.717, 1.165) is 24.8 Å². The highest BCUT2D eigenvalue weighted by molar-refractivity contribution is 5.79. The van der Waals surface area contributed by atoms with E-state index in [2.05, 4.69) is 15.5 Å². The van der Waals surface area contributed by atoms with Crippen LogP contribution in [0.3, 0.4) is 0 Å². The van der Waals surface area contributed by atoms with Crippen molar-refractivity contribution in [1.29, 1.82) is 0 Å². The monoisotopic (exact) mass is 292 g/mol. The number of H-pyrrole nitrogens is 1. The maximum absolute atomic E-state index is 12.2. The van der Waals surface area contributed by atoms with E-state index in [1.165, 1.54) is 0 Å². The first-order chi connectivity index (χ1) is 10.2. The quantitative estimate of drug-likeness (QED) is 0.808. The Morgan fingerprint density at radius 3 is 3.24 bits per heavy atom. The molecule has 3 rings (SSSR count). The summed E-state index contributed by atoms with van der Waals surface area (Å²) in [6.45, 7) is 1.41. The zero-order valence-electron chi connectivity index (χ0n) is 11.9. The summed E-state index contributed by atoms with van der Waals surface area (Å²) in [5.74, 6) is 0.0577. The van der Waals surface area contributed by atoms with Crippen LogP contribution in [0, 0.1) is 0 Å². The van der Waals surface area contributed by atoms with Crippen molar-refractivity contribution in [3.63, 3.8) is 0 Å². The number of aromatic nitrogens is 2. The Hall–Kier alpha value is -1.89. The predicted molar refractivity (Wildman–Crippen MR) is 74.4 cm³/mol. The lowest BCUT2D eigenvalue weighted by molar-refractivity contribution is -0.146. The fraction of sp³-hybridized carbons (Fsp3) is 0.643.